The third-order valence-electron chi connectivity index (χ3n) is 2.97. The maximum absolute atomic E-state index is 13.2. The number of hydrogen-bond donors (Lipinski definition) is 1. The van der Waals surface area contributed by atoms with Crippen LogP contribution in [0.25, 0.3) is 0 Å². The van der Waals surface area contributed by atoms with Crippen molar-refractivity contribution in [3.63, 3.8) is 0 Å². The Morgan fingerprint density at radius 2 is 1.65 bits per heavy atom. The Hall–Kier alpha value is -1.88. The monoisotopic (exact) mass is 284 g/mol. The third kappa shape index (κ3) is 2.99. The summed E-state index contributed by atoms with van der Waals surface area (Å²) in [5.41, 5.74) is -0.0320. The van der Waals surface area contributed by atoms with Crippen molar-refractivity contribution in [2.24, 2.45) is 0 Å². The molecule has 0 amide bonds. The highest BCUT2D eigenvalue weighted by Gasteiger charge is 2.34. The fraction of sp³-hybridized carbons (Fsp3) is 0.200. The van der Waals surface area contributed by atoms with E-state index in [0.717, 1.165) is 17.7 Å². The van der Waals surface area contributed by atoms with E-state index in [9.17, 15) is 22.7 Å². The number of alkyl halides is 3. The van der Waals surface area contributed by atoms with E-state index in [1.165, 1.54) is 0 Å². The summed E-state index contributed by atoms with van der Waals surface area (Å²) in [6.07, 6.45) is -6.01. The van der Waals surface area contributed by atoms with Crippen molar-refractivity contribution in [1.82, 2.24) is 0 Å². The highest BCUT2D eigenvalue weighted by atomic mass is 19.4. The van der Waals surface area contributed by atoms with E-state index in [2.05, 4.69) is 0 Å². The molecule has 20 heavy (non-hydrogen) atoms. The maximum atomic E-state index is 13.2. The van der Waals surface area contributed by atoms with Crippen LogP contribution in [0.4, 0.5) is 17.6 Å². The van der Waals surface area contributed by atoms with Crippen LogP contribution in [0, 0.1) is 12.7 Å². The van der Waals surface area contributed by atoms with E-state index in [1.807, 2.05) is 13.0 Å². The zero-order valence-electron chi connectivity index (χ0n) is 10.6. The average Bonchev–Trinajstić information content (AvgIpc) is 2.37. The van der Waals surface area contributed by atoms with Gasteiger partial charge in [0, 0.05) is 0 Å². The first-order chi connectivity index (χ1) is 9.29. The van der Waals surface area contributed by atoms with Crippen LogP contribution in [0.1, 0.15) is 28.4 Å². The molecule has 5 heteroatoms. The molecule has 0 fully saturated rings. The molecule has 0 aliphatic rings. The second-order valence-corrected chi connectivity index (χ2v) is 4.55. The number of rotatable bonds is 2. The third-order valence-corrected chi connectivity index (χ3v) is 2.97. The van der Waals surface area contributed by atoms with Crippen LogP contribution in [0.3, 0.4) is 0 Å². The summed E-state index contributed by atoms with van der Waals surface area (Å²) in [7, 11) is 0. The van der Waals surface area contributed by atoms with Gasteiger partial charge in [-0.3, -0.25) is 0 Å². The number of aliphatic hydroxyl groups is 1. The van der Waals surface area contributed by atoms with E-state index >= 15 is 0 Å². The molecule has 0 saturated heterocycles. The van der Waals surface area contributed by atoms with Crippen LogP contribution in [0.2, 0.25) is 0 Å². The van der Waals surface area contributed by atoms with E-state index in [-0.39, 0.29) is 5.56 Å². The molecule has 0 saturated carbocycles. The minimum atomic E-state index is -4.79. The van der Waals surface area contributed by atoms with Gasteiger partial charge in [0.15, 0.2) is 0 Å². The maximum Gasteiger partial charge on any atom is 0.419 e. The summed E-state index contributed by atoms with van der Waals surface area (Å²) >= 11 is 0. The summed E-state index contributed by atoms with van der Waals surface area (Å²) < 4.78 is 51.1. The van der Waals surface area contributed by atoms with Crippen LogP contribution in [0.5, 0.6) is 0 Å². The van der Waals surface area contributed by atoms with Crippen LogP contribution >= 0.6 is 0 Å². The summed E-state index contributed by atoms with van der Waals surface area (Å²) in [4.78, 5) is 0. The molecular weight excluding hydrogens is 272 g/mol. The lowest BCUT2D eigenvalue weighted by molar-refractivity contribution is -0.140. The molecule has 2 aromatic rings. The van der Waals surface area contributed by atoms with Crippen molar-refractivity contribution in [2.75, 3.05) is 0 Å². The Morgan fingerprint density at radius 1 is 1.00 bits per heavy atom. The van der Waals surface area contributed by atoms with Gasteiger partial charge >= 0.3 is 6.18 Å². The van der Waals surface area contributed by atoms with E-state index in [4.69, 9.17) is 0 Å². The van der Waals surface area contributed by atoms with Crippen molar-refractivity contribution in [3.05, 3.63) is 70.5 Å². The van der Waals surface area contributed by atoms with Gasteiger partial charge in [-0.15, -0.1) is 0 Å². The summed E-state index contributed by atoms with van der Waals surface area (Å²) in [6.45, 7) is 1.81. The van der Waals surface area contributed by atoms with Crippen molar-refractivity contribution in [2.45, 2.75) is 19.2 Å². The highest BCUT2D eigenvalue weighted by Crippen LogP contribution is 2.34. The minimum absolute atomic E-state index is 0.00400. The van der Waals surface area contributed by atoms with Gasteiger partial charge in [-0.1, -0.05) is 35.9 Å². The first kappa shape index (κ1) is 14.5. The van der Waals surface area contributed by atoms with Crippen LogP contribution in [-0.4, -0.2) is 5.11 Å². The highest BCUT2D eigenvalue weighted by molar-refractivity contribution is 5.35. The second kappa shape index (κ2) is 5.25. The first-order valence-corrected chi connectivity index (χ1v) is 5.90. The number of aryl methyl sites for hydroxylation is 1. The van der Waals surface area contributed by atoms with Crippen molar-refractivity contribution >= 4 is 0 Å². The topological polar surface area (TPSA) is 20.2 Å². The lowest BCUT2D eigenvalue weighted by Gasteiger charge is -2.15. The van der Waals surface area contributed by atoms with E-state index in [0.29, 0.717) is 11.6 Å². The molecule has 0 radical (unpaired) electrons. The number of hydrogen-bond acceptors (Lipinski definition) is 1. The number of benzene rings is 2. The van der Waals surface area contributed by atoms with Gasteiger partial charge in [0.1, 0.15) is 11.9 Å². The predicted molar refractivity (Wildman–Crippen MR) is 66.6 cm³/mol. The predicted octanol–water partition coefficient (Wildman–Crippen LogP) is 4.23. The minimum Gasteiger partial charge on any atom is -0.384 e. The Balaban J connectivity index is 2.43. The van der Waals surface area contributed by atoms with Gasteiger partial charge < -0.3 is 5.11 Å². The number of halogens is 4. The standard InChI is InChI=1S/C15H12F4O/c1-9-3-2-4-10(7-9)14(20)11-5-6-13(16)12(8-11)15(17,18)19/h2-8,14,20H,1H3. The molecule has 2 aromatic carbocycles. The Labute approximate surface area is 113 Å². The quantitative estimate of drug-likeness (QED) is 0.818. The molecule has 0 heterocycles. The van der Waals surface area contributed by atoms with Crippen molar-refractivity contribution in [3.8, 4) is 0 Å². The largest absolute Gasteiger partial charge is 0.419 e. The SMILES string of the molecule is Cc1cccc(C(O)c2ccc(F)c(C(F)(F)F)c2)c1. The molecular formula is C15H12F4O. The lowest BCUT2D eigenvalue weighted by atomic mass is 9.98. The normalized spacial score (nSPS) is 13.3. The molecule has 1 nitrogen and oxygen atoms in total. The fourth-order valence-electron chi connectivity index (χ4n) is 1.96. The Morgan fingerprint density at radius 3 is 2.25 bits per heavy atom. The van der Waals surface area contributed by atoms with Gasteiger partial charge in [0.05, 0.1) is 5.56 Å². The molecule has 0 aromatic heterocycles. The molecule has 0 aliphatic heterocycles. The van der Waals surface area contributed by atoms with Crippen LogP contribution < -0.4 is 0 Å². The Bertz CT molecular complexity index is 620. The smallest absolute Gasteiger partial charge is 0.384 e. The number of aliphatic hydroxyl groups excluding tert-OH is 1. The van der Waals surface area contributed by atoms with Gasteiger partial charge in [0.25, 0.3) is 0 Å². The van der Waals surface area contributed by atoms with Gasteiger partial charge in [-0.25, -0.2) is 4.39 Å². The molecule has 0 bridgehead atoms. The molecule has 106 valence electrons. The van der Waals surface area contributed by atoms with E-state index < -0.39 is 23.7 Å². The lowest BCUT2D eigenvalue weighted by Crippen LogP contribution is -2.10. The zero-order valence-corrected chi connectivity index (χ0v) is 10.6. The summed E-state index contributed by atoms with van der Waals surface area (Å²) in [5.74, 6) is -1.35. The van der Waals surface area contributed by atoms with Gasteiger partial charge in [-0.2, -0.15) is 13.2 Å². The van der Waals surface area contributed by atoms with E-state index in [1.54, 1.807) is 18.2 Å². The molecule has 0 spiro atoms. The molecule has 1 atom stereocenters. The summed E-state index contributed by atoms with van der Waals surface area (Å²) in [5, 5.41) is 10.1. The fourth-order valence-corrected chi connectivity index (χ4v) is 1.96. The molecule has 0 aliphatic carbocycles. The van der Waals surface area contributed by atoms with Crippen molar-refractivity contribution in [1.29, 1.82) is 0 Å². The molecule has 1 unspecified atom stereocenters. The van der Waals surface area contributed by atoms with Gasteiger partial charge in [-0.05, 0) is 30.2 Å². The van der Waals surface area contributed by atoms with Crippen LogP contribution in [-0.2, 0) is 6.18 Å². The van der Waals surface area contributed by atoms with Gasteiger partial charge in [0.2, 0.25) is 0 Å². The Kier molecular flexibility index (Phi) is 3.81. The van der Waals surface area contributed by atoms with Crippen molar-refractivity contribution < 1.29 is 22.7 Å². The van der Waals surface area contributed by atoms with Crippen LogP contribution in [0.15, 0.2) is 42.5 Å². The molecule has 2 rings (SSSR count). The second-order valence-electron chi connectivity index (χ2n) is 4.55. The molecule has 1 N–H and O–H groups in total. The average molecular weight is 284 g/mol. The summed E-state index contributed by atoms with van der Waals surface area (Å²) in [6, 6.07) is 9.29. The zero-order chi connectivity index (χ0) is 14.9. The first-order valence-electron chi connectivity index (χ1n) is 5.90.